The van der Waals surface area contributed by atoms with Gasteiger partial charge in [-0.15, -0.1) is 11.3 Å². The second-order valence-corrected chi connectivity index (χ2v) is 15.5. The van der Waals surface area contributed by atoms with E-state index in [0.717, 1.165) is 11.4 Å². The summed E-state index contributed by atoms with van der Waals surface area (Å²) in [6.07, 6.45) is 0. The monoisotopic (exact) mass is 729 g/mol. The summed E-state index contributed by atoms with van der Waals surface area (Å²) in [5.41, 5.74) is 10.8. The molecule has 0 bridgehead atoms. The molecule has 11 rings (SSSR count). The minimum Gasteiger partial charge on any atom is -0.309 e. The van der Waals surface area contributed by atoms with Crippen molar-refractivity contribution < 1.29 is 0 Å². The van der Waals surface area contributed by atoms with E-state index in [0.29, 0.717) is 0 Å². The van der Waals surface area contributed by atoms with Crippen molar-refractivity contribution in [2.45, 2.75) is 0 Å². The number of hydrogen-bond acceptors (Lipinski definition) is 2. The van der Waals surface area contributed by atoms with Crippen LogP contribution in [0, 0.1) is 0 Å². The smallest absolute Gasteiger partial charge is 0.0618 e. The Balaban J connectivity index is 1.17. The number of anilines is 3. The highest BCUT2D eigenvalue weighted by Crippen LogP contribution is 2.49. The van der Waals surface area contributed by atoms with Gasteiger partial charge in [0.25, 0.3) is 0 Å². The maximum atomic E-state index is 2.49. The fraction of sp³-hybridized carbons (Fsp3) is 0. The highest BCUT2D eigenvalue weighted by molar-refractivity contribution is 7.26. The number of rotatable bonds is 6. The molecule has 0 atom stereocenters. The van der Waals surface area contributed by atoms with E-state index in [1.807, 2.05) is 11.3 Å². The molecule has 0 aliphatic carbocycles. The van der Waals surface area contributed by atoms with Crippen LogP contribution in [0.2, 0.25) is 0 Å². The molecule has 10 aromatic carbocycles. The second-order valence-electron chi connectivity index (χ2n) is 14.4. The molecule has 56 heavy (non-hydrogen) atoms. The van der Waals surface area contributed by atoms with Crippen molar-refractivity contribution in [3.8, 4) is 33.4 Å². The summed E-state index contributed by atoms with van der Waals surface area (Å²) in [5.74, 6) is 0. The molecule has 0 fully saturated rings. The van der Waals surface area contributed by atoms with Gasteiger partial charge in [-0.3, -0.25) is 0 Å². The molecule has 0 saturated carbocycles. The number of hydrogen-bond donors (Lipinski definition) is 0. The fourth-order valence-electron chi connectivity index (χ4n) is 8.72. The molecule has 0 saturated heterocycles. The molecular formula is C54H35NS. The molecule has 0 radical (unpaired) electrons. The lowest BCUT2D eigenvalue weighted by Crippen LogP contribution is -2.11. The van der Waals surface area contributed by atoms with E-state index >= 15 is 0 Å². The van der Waals surface area contributed by atoms with E-state index in [4.69, 9.17) is 0 Å². The molecule has 0 amide bonds. The molecule has 262 valence electrons. The Kier molecular flexibility index (Phi) is 7.75. The molecule has 0 N–H and O–H groups in total. The zero-order valence-electron chi connectivity index (χ0n) is 30.6. The summed E-state index contributed by atoms with van der Waals surface area (Å²) in [5, 5.41) is 10.0. The molecule has 11 aromatic rings. The van der Waals surface area contributed by atoms with Crippen molar-refractivity contribution in [2.24, 2.45) is 0 Å². The van der Waals surface area contributed by atoms with E-state index in [9.17, 15) is 0 Å². The average molecular weight is 730 g/mol. The highest BCUT2D eigenvalue weighted by atomic mass is 32.1. The maximum Gasteiger partial charge on any atom is 0.0618 e. The topological polar surface area (TPSA) is 3.24 Å². The van der Waals surface area contributed by atoms with Gasteiger partial charge in [0.15, 0.2) is 0 Å². The summed E-state index contributed by atoms with van der Waals surface area (Å²) < 4.78 is 2.63. The number of benzene rings is 10. The standard InChI is InChI=1S/C54H35NS/c1-2-16-38(17-3-1)52-46-23-6-8-25-48(46)53(49-26-9-7-24-47(49)52)55(40-33-31-37(32-34-40)43-27-13-18-36-15-4-5-21-42(36)43)41-20-12-19-39(35-41)44-28-14-29-50-45-22-10-11-30-51(45)56-54(44)50/h1-35H. The van der Waals surface area contributed by atoms with Crippen LogP contribution in [0.3, 0.4) is 0 Å². The first-order chi connectivity index (χ1) is 27.8. The van der Waals surface area contributed by atoms with Crippen LogP contribution in [0.1, 0.15) is 0 Å². The van der Waals surface area contributed by atoms with Gasteiger partial charge in [-0.2, -0.15) is 0 Å². The Morgan fingerprint density at radius 3 is 1.64 bits per heavy atom. The fourth-order valence-corrected chi connectivity index (χ4v) is 9.96. The predicted octanol–water partition coefficient (Wildman–Crippen LogP) is 16.0. The lowest BCUT2D eigenvalue weighted by molar-refractivity contribution is 1.31. The summed E-state index contributed by atoms with van der Waals surface area (Å²) in [4.78, 5) is 2.49. The van der Waals surface area contributed by atoms with Gasteiger partial charge in [-0.25, -0.2) is 0 Å². The van der Waals surface area contributed by atoms with Gasteiger partial charge < -0.3 is 4.90 Å². The SMILES string of the molecule is c1ccc(-c2c3ccccc3c(N(c3ccc(-c4cccc5ccccc45)cc3)c3cccc(-c4cccc5c4sc4ccccc45)c3)c3ccccc23)cc1. The number of nitrogens with zero attached hydrogens (tertiary/aromatic N) is 1. The van der Waals surface area contributed by atoms with Gasteiger partial charge >= 0.3 is 0 Å². The first-order valence-electron chi connectivity index (χ1n) is 19.2. The van der Waals surface area contributed by atoms with Crippen molar-refractivity contribution in [1.82, 2.24) is 0 Å². The summed E-state index contributed by atoms with van der Waals surface area (Å²) in [7, 11) is 0. The van der Waals surface area contributed by atoms with E-state index < -0.39 is 0 Å². The van der Waals surface area contributed by atoms with Crippen LogP contribution in [0.5, 0.6) is 0 Å². The quantitative estimate of drug-likeness (QED) is 0.154. The van der Waals surface area contributed by atoms with Crippen molar-refractivity contribution in [3.63, 3.8) is 0 Å². The molecule has 1 heterocycles. The molecular weight excluding hydrogens is 695 g/mol. The first-order valence-corrected chi connectivity index (χ1v) is 20.0. The van der Waals surface area contributed by atoms with E-state index in [2.05, 4.69) is 217 Å². The van der Waals surface area contributed by atoms with Crippen LogP contribution in [0.15, 0.2) is 212 Å². The Labute approximate surface area is 330 Å². The zero-order valence-corrected chi connectivity index (χ0v) is 31.4. The second kappa shape index (κ2) is 13.4. The highest BCUT2D eigenvalue weighted by Gasteiger charge is 2.23. The molecule has 1 aromatic heterocycles. The molecule has 1 nitrogen and oxygen atoms in total. The molecule has 2 heteroatoms. The van der Waals surface area contributed by atoms with Crippen molar-refractivity contribution >= 4 is 80.9 Å². The third-order valence-electron chi connectivity index (χ3n) is 11.2. The summed E-state index contributed by atoms with van der Waals surface area (Å²) in [6.45, 7) is 0. The minimum atomic E-state index is 1.11. The van der Waals surface area contributed by atoms with Gasteiger partial charge in [-0.1, -0.05) is 182 Å². The van der Waals surface area contributed by atoms with Crippen LogP contribution in [-0.2, 0) is 0 Å². The summed E-state index contributed by atoms with van der Waals surface area (Å²) in [6, 6.07) is 77.7. The molecule has 0 aliphatic heterocycles. The Hall–Kier alpha value is -7.00. The maximum absolute atomic E-state index is 2.49. The Bertz CT molecular complexity index is 3190. The van der Waals surface area contributed by atoms with Crippen LogP contribution in [-0.4, -0.2) is 0 Å². The van der Waals surface area contributed by atoms with Gasteiger partial charge in [0.1, 0.15) is 0 Å². The Morgan fingerprint density at radius 2 is 0.875 bits per heavy atom. The number of thiophene rings is 1. The van der Waals surface area contributed by atoms with Gasteiger partial charge in [0.05, 0.1) is 5.69 Å². The van der Waals surface area contributed by atoms with Crippen LogP contribution < -0.4 is 4.90 Å². The third-order valence-corrected chi connectivity index (χ3v) is 12.5. The predicted molar refractivity (Wildman–Crippen MR) is 243 cm³/mol. The van der Waals surface area contributed by atoms with Crippen LogP contribution in [0.4, 0.5) is 17.1 Å². The summed E-state index contributed by atoms with van der Waals surface area (Å²) >= 11 is 1.88. The van der Waals surface area contributed by atoms with E-state index in [-0.39, 0.29) is 0 Å². The Morgan fingerprint density at radius 1 is 0.321 bits per heavy atom. The normalized spacial score (nSPS) is 11.6. The van der Waals surface area contributed by atoms with Gasteiger partial charge in [-0.05, 0) is 85.3 Å². The van der Waals surface area contributed by atoms with Gasteiger partial charge in [0.2, 0.25) is 0 Å². The van der Waals surface area contributed by atoms with E-state index in [1.54, 1.807) is 0 Å². The lowest BCUT2D eigenvalue weighted by Gasteiger charge is -2.30. The number of fused-ring (bicyclic) bond motifs is 6. The van der Waals surface area contributed by atoms with Crippen molar-refractivity contribution in [3.05, 3.63) is 212 Å². The van der Waals surface area contributed by atoms with Crippen LogP contribution >= 0.6 is 11.3 Å². The third kappa shape index (κ3) is 5.30. The van der Waals surface area contributed by atoms with Crippen molar-refractivity contribution in [2.75, 3.05) is 4.90 Å². The molecule has 0 unspecified atom stereocenters. The molecule has 0 spiro atoms. The minimum absolute atomic E-state index is 1.11. The van der Waals surface area contributed by atoms with Crippen LogP contribution in [0.25, 0.3) is 85.9 Å². The lowest BCUT2D eigenvalue weighted by atomic mass is 9.89. The largest absolute Gasteiger partial charge is 0.309 e. The van der Waals surface area contributed by atoms with Crippen molar-refractivity contribution in [1.29, 1.82) is 0 Å². The zero-order chi connectivity index (χ0) is 37.0. The van der Waals surface area contributed by atoms with E-state index in [1.165, 1.54) is 91.6 Å². The molecule has 0 aliphatic rings. The van der Waals surface area contributed by atoms with Gasteiger partial charge in [0, 0.05) is 42.3 Å². The first kappa shape index (κ1) is 32.4. The average Bonchev–Trinajstić information content (AvgIpc) is 3.66.